The van der Waals surface area contributed by atoms with Crippen molar-refractivity contribution in [3.63, 3.8) is 0 Å². The van der Waals surface area contributed by atoms with Crippen molar-refractivity contribution in [2.45, 2.75) is 51.6 Å². The number of hydrogen-bond donors (Lipinski definition) is 3. The Morgan fingerprint density at radius 2 is 2.00 bits per heavy atom. The smallest absolute Gasteiger partial charge is 0.324 e. The number of rotatable bonds is 11. The summed E-state index contributed by atoms with van der Waals surface area (Å²) in [6.07, 6.45) is 1.72. The number of carbonyl (C=O) groups is 3. The molecule has 8 nitrogen and oxygen atoms in total. The van der Waals surface area contributed by atoms with Crippen molar-refractivity contribution in [3.8, 4) is 5.75 Å². The van der Waals surface area contributed by atoms with Crippen molar-refractivity contribution in [2.24, 2.45) is 5.92 Å². The molecular formula is C21H31N3O5. The van der Waals surface area contributed by atoms with Gasteiger partial charge in [-0.1, -0.05) is 32.4 Å². The Labute approximate surface area is 171 Å². The minimum Gasteiger partial charge on any atom is -0.497 e. The summed E-state index contributed by atoms with van der Waals surface area (Å²) in [7, 11) is 1.59. The maximum absolute atomic E-state index is 12.5. The Bertz CT molecular complexity index is 707. The van der Waals surface area contributed by atoms with E-state index in [0.29, 0.717) is 6.42 Å². The summed E-state index contributed by atoms with van der Waals surface area (Å²) in [5.74, 6) is 0.365. The molecule has 1 aromatic rings. The molecule has 0 spiro atoms. The number of nitrogens with one attached hydrogen (secondary N) is 2. The van der Waals surface area contributed by atoms with Crippen molar-refractivity contribution in [1.29, 1.82) is 0 Å². The molecule has 1 aliphatic rings. The van der Waals surface area contributed by atoms with E-state index in [1.54, 1.807) is 7.11 Å². The monoisotopic (exact) mass is 405 g/mol. The maximum Gasteiger partial charge on any atom is 0.324 e. The molecule has 4 amide bonds. The molecule has 160 valence electrons. The van der Waals surface area contributed by atoms with E-state index in [9.17, 15) is 19.5 Å². The van der Waals surface area contributed by atoms with Crippen molar-refractivity contribution in [2.75, 3.05) is 20.3 Å². The van der Waals surface area contributed by atoms with Crippen LogP contribution >= 0.6 is 0 Å². The van der Waals surface area contributed by atoms with Crippen LogP contribution in [-0.2, 0) is 16.0 Å². The van der Waals surface area contributed by atoms with Gasteiger partial charge in [-0.25, -0.2) is 4.79 Å². The van der Waals surface area contributed by atoms with Crippen molar-refractivity contribution < 1.29 is 24.2 Å². The lowest BCUT2D eigenvalue weighted by Crippen LogP contribution is -2.42. The Morgan fingerprint density at radius 3 is 2.59 bits per heavy atom. The molecule has 0 saturated carbocycles. The van der Waals surface area contributed by atoms with Gasteiger partial charge in [0.05, 0.1) is 19.8 Å². The SMILES string of the molecule is CC[C@H](C)[C@@H](CO)NC(=O)CC[C@@H]1NC(=O)N(CCc2ccc(OC)cc2)C1=O. The quantitative estimate of drug-likeness (QED) is 0.483. The number of ether oxygens (including phenoxy) is 1. The number of hydrogen-bond acceptors (Lipinski definition) is 5. The molecule has 29 heavy (non-hydrogen) atoms. The highest BCUT2D eigenvalue weighted by Crippen LogP contribution is 2.15. The van der Waals surface area contributed by atoms with Gasteiger partial charge in [-0.2, -0.15) is 0 Å². The Kier molecular flexibility index (Phi) is 8.45. The molecular weight excluding hydrogens is 374 g/mol. The second-order valence-corrected chi connectivity index (χ2v) is 7.37. The van der Waals surface area contributed by atoms with Crippen LogP contribution in [0.5, 0.6) is 5.75 Å². The highest BCUT2D eigenvalue weighted by molar-refractivity contribution is 6.04. The van der Waals surface area contributed by atoms with Gasteiger partial charge in [-0.15, -0.1) is 0 Å². The van der Waals surface area contributed by atoms with Crippen molar-refractivity contribution in [3.05, 3.63) is 29.8 Å². The average molecular weight is 405 g/mol. The summed E-state index contributed by atoms with van der Waals surface area (Å²) >= 11 is 0. The zero-order valence-corrected chi connectivity index (χ0v) is 17.3. The molecule has 1 aliphatic heterocycles. The van der Waals surface area contributed by atoms with Crippen LogP contribution in [0.15, 0.2) is 24.3 Å². The van der Waals surface area contributed by atoms with Gasteiger partial charge < -0.3 is 20.5 Å². The summed E-state index contributed by atoms with van der Waals surface area (Å²) in [6, 6.07) is 6.04. The summed E-state index contributed by atoms with van der Waals surface area (Å²) in [6.45, 7) is 4.11. The predicted molar refractivity (Wildman–Crippen MR) is 108 cm³/mol. The number of aliphatic hydroxyl groups excluding tert-OH is 1. The highest BCUT2D eigenvalue weighted by Gasteiger charge is 2.37. The number of imide groups is 1. The number of nitrogens with zero attached hydrogens (tertiary/aromatic N) is 1. The van der Waals surface area contributed by atoms with Crippen LogP contribution in [0.25, 0.3) is 0 Å². The number of benzene rings is 1. The van der Waals surface area contributed by atoms with Gasteiger partial charge in [0.2, 0.25) is 5.91 Å². The van der Waals surface area contributed by atoms with Crippen LogP contribution in [0.2, 0.25) is 0 Å². The Hall–Kier alpha value is -2.61. The van der Waals surface area contributed by atoms with E-state index in [2.05, 4.69) is 10.6 Å². The van der Waals surface area contributed by atoms with Crippen LogP contribution in [0.4, 0.5) is 4.79 Å². The largest absolute Gasteiger partial charge is 0.497 e. The van der Waals surface area contributed by atoms with Crippen LogP contribution in [0.3, 0.4) is 0 Å². The van der Waals surface area contributed by atoms with Gasteiger partial charge in [0.25, 0.3) is 5.91 Å². The molecule has 2 rings (SSSR count). The van der Waals surface area contributed by atoms with Gasteiger partial charge in [-0.3, -0.25) is 14.5 Å². The zero-order valence-electron chi connectivity index (χ0n) is 17.3. The molecule has 8 heteroatoms. The van der Waals surface area contributed by atoms with Gasteiger partial charge >= 0.3 is 6.03 Å². The lowest BCUT2D eigenvalue weighted by atomic mass is 9.99. The first-order valence-corrected chi connectivity index (χ1v) is 10.0. The first kappa shape index (κ1) is 22.7. The van der Waals surface area contributed by atoms with Crippen molar-refractivity contribution in [1.82, 2.24) is 15.5 Å². The first-order chi connectivity index (χ1) is 13.9. The fraction of sp³-hybridized carbons (Fsp3) is 0.571. The average Bonchev–Trinajstić information content (AvgIpc) is 3.01. The fourth-order valence-electron chi connectivity index (χ4n) is 3.22. The van der Waals surface area contributed by atoms with Crippen LogP contribution in [-0.4, -0.2) is 60.2 Å². The van der Waals surface area contributed by atoms with E-state index >= 15 is 0 Å². The van der Waals surface area contributed by atoms with Crippen LogP contribution in [0, 0.1) is 5.92 Å². The topological polar surface area (TPSA) is 108 Å². The molecule has 0 bridgehead atoms. The summed E-state index contributed by atoms with van der Waals surface area (Å²) in [4.78, 5) is 38.0. The molecule has 1 saturated heterocycles. The molecule has 0 unspecified atom stereocenters. The summed E-state index contributed by atoms with van der Waals surface area (Å²) < 4.78 is 5.12. The van der Waals surface area contributed by atoms with E-state index in [4.69, 9.17) is 4.74 Å². The normalized spacial score (nSPS) is 18.3. The Morgan fingerprint density at radius 1 is 1.31 bits per heavy atom. The summed E-state index contributed by atoms with van der Waals surface area (Å²) in [5.41, 5.74) is 0.995. The molecule has 1 heterocycles. The fourth-order valence-corrected chi connectivity index (χ4v) is 3.22. The van der Waals surface area contributed by atoms with Crippen LogP contribution in [0.1, 0.15) is 38.7 Å². The number of aliphatic hydroxyl groups is 1. The Balaban J connectivity index is 1.82. The molecule has 0 radical (unpaired) electrons. The molecule has 0 aliphatic carbocycles. The third kappa shape index (κ3) is 6.19. The standard InChI is InChI=1S/C21H31N3O5/c1-4-14(2)18(13-25)22-19(26)10-9-17-20(27)24(21(28)23-17)12-11-15-5-7-16(29-3)8-6-15/h5-8,14,17-18,25H,4,9-13H2,1-3H3,(H,22,26)(H,23,28)/t14-,17-,18+/m0/s1. The first-order valence-electron chi connectivity index (χ1n) is 10.0. The third-order valence-electron chi connectivity index (χ3n) is 5.42. The number of amides is 4. The molecule has 3 N–H and O–H groups in total. The van der Waals surface area contributed by atoms with Gasteiger partial charge in [0, 0.05) is 13.0 Å². The molecule has 0 aromatic heterocycles. The number of urea groups is 1. The minimum atomic E-state index is -0.694. The molecule has 1 fully saturated rings. The van der Waals surface area contributed by atoms with Gasteiger partial charge in [0.1, 0.15) is 11.8 Å². The lowest BCUT2D eigenvalue weighted by molar-refractivity contribution is -0.127. The van der Waals surface area contributed by atoms with E-state index in [0.717, 1.165) is 17.7 Å². The van der Waals surface area contributed by atoms with Crippen LogP contribution < -0.4 is 15.4 Å². The van der Waals surface area contributed by atoms with Crippen molar-refractivity contribution >= 4 is 17.8 Å². The maximum atomic E-state index is 12.5. The number of carbonyl (C=O) groups excluding carboxylic acids is 3. The lowest BCUT2D eigenvalue weighted by Gasteiger charge is -2.22. The second kappa shape index (κ2) is 10.8. The predicted octanol–water partition coefficient (Wildman–Crippen LogP) is 1.46. The van der Waals surface area contributed by atoms with E-state index in [-0.39, 0.29) is 49.8 Å². The van der Waals surface area contributed by atoms with E-state index < -0.39 is 12.1 Å². The summed E-state index contributed by atoms with van der Waals surface area (Å²) in [5, 5.41) is 14.9. The van der Waals surface area contributed by atoms with E-state index in [1.165, 1.54) is 4.90 Å². The molecule has 1 aromatic carbocycles. The van der Waals surface area contributed by atoms with Gasteiger partial charge in [-0.05, 0) is 36.5 Å². The zero-order chi connectivity index (χ0) is 21.4. The second-order valence-electron chi connectivity index (χ2n) is 7.37. The number of methoxy groups -OCH3 is 1. The highest BCUT2D eigenvalue weighted by atomic mass is 16.5. The minimum absolute atomic E-state index is 0.107. The molecule has 3 atom stereocenters. The van der Waals surface area contributed by atoms with Gasteiger partial charge in [0.15, 0.2) is 0 Å². The third-order valence-corrected chi connectivity index (χ3v) is 5.42. The van der Waals surface area contributed by atoms with E-state index in [1.807, 2.05) is 38.1 Å².